The van der Waals surface area contributed by atoms with Gasteiger partial charge >= 0.3 is 0 Å². The highest BCUT2D eigenvalue weighted by Gasteiger charge is 2.05. The molecule has 19 heavy (non-hydrogen) atoms. The molecule has 100 valence electrons. The van der Waals surface area contributed by atoms with Crippen LogP contribution in [-0.2, 0) is 11.3 Å². The fourth-order valence-corrected chi connectivity index (χ4v) is 1.75. The summed E-state index contributed by atoms with van der Waals surface area (Å²) in [5.74, 6) is 0.0203. The molecular weight excluding hydrogens is 269 g/mol. The lowest BCUT2D eigenvalue weighted by Gasteiger charge is -2.08. The third kappa shape index (κ3) is 3.62. The Balaban J connectivity index is 2.24. The minimum Gasteiger partial charge on any atom is -0.378 e. The first-order valence-electron chi connectivity index (χ1n) is 5.64. The van der Waals surface area contributed by atoms with E-state index in [1.165, 1.54) is 6.07 Å². The molecule has 1 aromatic heterocycles. The number of methoxy groups -OCH3 is 1. The lowest BCUT2D eigenvalue weighted by atomic mass is 10.2. The first-order chi connectivity index (χ1) is 9.08. The molecule has 0 radical (unpaired) electrons. The Bertz CT molecular complexity index is 592. The van der Waals surface area contributed by atoms with Crippen LogP contribution in [0.5, 0.6) is 0 Å². The molecule has 0 atom stereocenters. The van der Waals surface area contributed by atoms with E-state index in [-0.39, 0.29) is 5.82 Å². The number of anilines is 2. The minimum absolute atomic E-state index is 0.288. The highest BCUT2D eigenvalue weighted by Crippen LogP contribution is 2.18. The van der Waals surface area contributed by atoms with Crippen molar-refractivity contribution in [1.29, 1.82) is 0 Å². The number of nitrogens with one attached hydrogen (secondary N) is 1. The van der Waals surface area contributed by atoms with Crippen LogP contribution in [0.2, 0.25) is 5.15 Å². The molecule has 2 rings (SSSR count). The Morgan fingerprint density at radius 1 is 1.32 bits per heavy atom. The largest absolute Gasteiger partial charge is 0.378 e. The fraction of sp³-hybridized carbons (Fsp3) is 0.231. The molecule has 0 spiro atoms. The van der Waals surface area contributed by atoms with E-state index >= 15 is 0 Å². The highest BCUT2D eigenvalue weighted by molar-refractivity contribution is 6.29. The molecule has 0 aliphatic rings. The van der Waals surface area contributed by atoms with Gasteiger partial charge in [-0.15, -0.1) is 0 Å². The van der Waals surface area contributed by atoms with E-state index < -0.39 is 0 Å². The summed E-state index contributed by atoms with van der Waals surface area (Å²) < 4.78 is 18.4. The number of aromatic nitrogens is 2. The van der Waals surface area contributed by atoms with Crippen LogP contribution in [0.25, 0.3) is 0 Å². The van der Waals surface area contributed by atoms with E-state index in [0.717, 1.165) is 0 Å². The maximum atomic E-state index is 13.4. The number of aryl methyl sites for hydroxylation is 1. The topological polar surface area (TPSA) is 47.0 Å². The summed E-state index contributed by atoms with van der Waals surface area (Å²) in [4.78, 5) is 8.25. The summed E-state index contributed by atoms with van der Waals surface area (Å²) in [7, 11) is 1.57. The van der Waals surface area contributed by atoms with Crippen LogP contribution < -0.4 is 5.32 Å². The van der Waals surface area contributed by atoms with Crippen molar-refractivity contribution < 1.29 is 9.13 Å². The second kappa shape index (κ2) is 5.95. The number of rotatable bonds is 4. The van der Waals surface area contributed by atoms with Crippen LogP contribution in [0.4, 0.5) is 16.0 Å². The Morgan fingerprint density at radius 2 is 2.11 bits per heavy atom. The van der Waals surface area contributed by atoms with Crippen molar-refractivity contribution >= 4 is 23.2 Å². The van der Waals surface area contributed by atoms with Crippen molar-refractivity contribution in [3.8, 4) is 0 Å². The average Bonchev–Trinajstić information content (AvgIpc) is 2.33. The number of nitrogens with zero attached hydrogens (tertiary/aromatic N) is 2. The van der Waals surface area contributed by atoms with E-state index in [4.69, 9.17) is 16.3 Å². The van der Waals surface area contributed by atoms with Crippen molar-refractivity contribution in [3.63, 3.8) is 0 Å². The Kier molecular flexibility index (Phi) is 4.29. The molecule has 0 aliphatic heterocycles. The first kappa shape index (κ1) is 13.7. The lowest BCUT2D eigenvalue weighted by Crippen LogP contribution is -2.02. The fourth-order valence-electron chi connectivity index (χ4n) is 1.54. The maximum Gasteiger partial charge on any atom is 0.228 e. The second-order valence-electron chi connectivity index (χ2n) is 4.03. The molecule has 0 amide bonds. The number of hydrogen-bond acceptors (Lipinski definition) is 4. The summed E-state index contributed by atoms with van der Waals surface area (Å²) in [5.41, 5.74) is 1.80. The van der Waals surface area contributed by atoms with Gasteiger partial charge in [0.15, 0.2) is 0 Å². The van der Waals surface area contributed by atoms with Crippen molar-refractivity contribution in [1.82, 2.24) is 9.97 Å². The van der Waals surface area contributed by atoms with Crippen LogP contribution in [0, 0.1) is 12.7 Å². The number of hydrogen-bond donors (Lipinski definition) is 1. The minimum atomic E-state index is -0.288. The molecule has 1 N–H and O–H groups in total. The Labute approximate surface area is 115 Å². The zero-order chi connectivity index (χ0) is 13.8. The van der Waals surface area contributed by atoms with Crippen LogP contribution in [-0.4, -0.2) is 17.1 Å². The number of ether oxygens (including phenoxy) is 1. The third-order valence-electron chi connectivity index (χ3n) is 2.47. The van der Waals surface area contributed by atoms with Crippen molar-refractivity contribution in [2.24, 2.45) is 0 Å². The van der Waals surface area contributed by atoms with Crippen LogP contribution in [0.3, 0.4) is 0 Å². The van der Waals surface area contributed by atoms with E-state index in [2.05, 4.69) is 15.3 Å². The normalized spacial score (nSPS) is 10.5. The standard InChI is InChI=1S/C13H13ClFN3O/c1-8-3-4-9(5-11(8)15)16-13-17-10(7-19-2)6-12(14)18-13/h3-6H,7H2,1-2H3,(H,16,17,18). The molecule has 1 aromatic carbocycles. The summed E-state index contributed by atoms with van der Waals surface area (Å²) in [6.45, 7) is 2.03. The van der Waals surface area contributed by atoms with Crippen LogP contribution in [0.1, 0.15) is 11.3 Å². The SMILES string of the molecule is COCc1cc(Cl)nc(Nc2ccc(C)c(F)c2)n1. The zero-order valence-corrected chi connectivity index (χ0v) is 11.3. The summed E-state index contributed by atoms with van der Waals surface area (Å²) in [6.07, 6.45) is 0. The van der Waals surface area contributed by atoms with Gasteiger partial charge in [-0.05, 0) is 30.7 Å². The average molecular weight is 282 g/mol. The molecule has 6 heteroatoms. The lowest BCUT2D eigenvalue weighted by molar-refractivity contribution is 0.181. The van der Waals surface area contributed by atoms with E-state index in [0.29, 0.717) is 34.7 Å². The Morgan fingerprint density at radius 3 is 2.79 bits per heavy atom. The quantitative estimate of drug-likeness (QED) is 0.872. The summed E-state index contributed by atoms with van der Waals surface area (Å²) in [6, 6.07) is 6.43. The molecule has 0 unspecified atom stereocenters. The van der Waals surface area contributed by atoms with Gasteiger partial charge in [0.1, 0.15) is 11.0 Å². The first-order valence-corrected chi connectivity index (χ1v) is 6.02. The molecule has 2 aromatic rings. The molecule has 1 heterocycles. The molecule has 4 nitrogen and oxygen atoms in total. The summed E-state index contributed by atoms with van der Waals surface area (Å²) in [5, 5.41) is 3.21. The number of halogens is 2. The van der Waals surface area contributed by atoms with Gasteiger partial charge in [0.2, 0.25) is 5.95 Å². The maximum absolute atomic E-state index is 13.4. The van der Waals surface area contributed by atoms with Gasteiger partial charge < -0.3 is 10.1 Å². The van der Waals surface area contributed by atoms with Crippen LogP contribution in [0.15, 0.2) is 24.3 Å². The molecule has 0 saturated carbocycles. The third-order valence-corrected chi connectivity index (χ3v) is 2.66. The van der Waals surface area contributed by atoms with Gasteiger partial charge in [0.05, 0.1) is 12.3 Å². The van der Waals surface area contributed by atoms with Gasteiger partial charge in [-0.2, -0.15) is 0 Å². The van der Waals surface area contributed by atoms with Gasteiger partial charge in [-0.25, -0.2) is 14.4 Å². The van der Waals surface area contributed by atoms with E-state index in [1.807, 2.05) is 0 Å². The Hall–Kier alpha value is -1.72. The molecule has 0 aliphatic carbocycles. The molecular formula is C13H13ClFN3O. The molecule has 0 fully saturated rings. The monoisotopic (exact) mass is 281 g/mol. The van der Waals surface area contributed by atoms with Gasteiger partial charge in [0, 0.05) is 12.8 Å². The van der Waals surface area contributed by atoms with Gasteiger partial charge in [0.25, 0.3) is 0 Å². The van der Waals surface area contributed by atoms with Gasteiger partial charge in [-0.3, -0.25) is 0 Å². The molecule has 0 saturated heterocycles. The zero-order valence-electron chi connectivity index (χ0n) is 10.6. The summed E-state index contributed by atoms with van der Waals surface area (Å²) >= 11 is 5.89. The molecule has 0 bridgehead atoms. The van der Waals surface area contributed by atoms with E-state index in [9.17, 15) is 4.39 Å². The second-order valence-corrected chi connectivity index (χ2v) is 4.41. The van der Waals surface area contributed by atoms with Crippen molar-refractivity contribution in [2.75, 3.05) is 12.4 Å². The predicted octanol–water partition coefficient (Wildman–Crippen LogP) is 3.47. The predicted molar refractivity (Wildman–Crippen MR) is 72.2 cm³/mol. The van der Waals surface area contributed by atoms with Crippen molar-refractivity contribution in [3.05, 3.63) is 46.5 Å². The highest BCUT2D eigenvalue weighted by atomic mass is 35.5. The smallest absolute Gasteiger partial charge is 0.228 e. The van der Waals surface area contributed by atoms with E-state index in [1.54, 1.807) is 32.2 Å². The van der Waals surface area contributed by atoms with Gasteiger partial charge in [-0.1, -0.05) is 17.7 Å². The number of benzene rings is 1. The van der Waals surface area contributed by atoms with Crippen molar-refractivity contribution in [2.45, 2.75) is 13.5 Å². The van der Waals surface area contributed by atoms with Crippen LogP contribution >= 0.6 is 11.6 Å².